The van der Waals surface area contributed by atoms with E-state index in [1.165, 1.54) is 6.07 Å². The maximum absolute atomic E-state index is 10.9. The van der Waals surface area contributed by atoms with Gasteiger partial charge in [0.15, 0.2) is 0 Å². The van der Waals surface area contributed by atoms with Crippen molar-refractivity contribution in [1.82, 2.24) is 0 Å². The van der Waals surface area contributed by atoms with E-state index in [1.54, 1.807) is 18.2 Å². The third-order valence-corrected chi connectivity index (χ3v) is 3.71. The number of nitro groups is 1. The number of hydrogen-bond acceptors (Lipinski definition) is 4. The summed E-state index contributed by atoms with van der Waals surface area (Å²) in [5.74, 6) is 0.701. The van der Waals surface area contributed by atoms with Crippen molar-refractivity contribution in [2.24, 2.45) is 11.8 Å². The van der Waals surface area contributed by atoms with Crippen LogP contribution in [-0.2, 0) is 0 Å². The highest BCUT2D eigenvalue weighted by atomic mass is 16.6. The average molecular weight is 259 g/mol. The van der Waals surface area contributed by atoms with E-state index in [0.717, 1.165) is 32.2 Å². The lowest BCUT2D eigenvalue weighted by atomic mass is 9.83. The zero-order valence-electron chi connectivity index (χ0n) is 10.7. The van der Waals surface area contributed by atoms with Gasteiger partial charge < -0.3 is 5.32 Å². The molecule has 1 aliphatic rings. The molecule has 0 radical (unpaired) electrons. The van der Waals surface area contributed by atoms with Crippen LogP contribution in [0.1, 0.15) is 25.7 Å². The van der Waals surface area contributed by atoms with Crippen LogP contribution in [0.4, 0.5) is 11.4 Å². The highest BCUT2D eigenvalue weighted by molar-refractivity contribution is 5.61. The predicted molar refractivity (Wildman–Crippen MR) is 72.6 cm³/mol. The van der Waals surface area contributed by atoms with Gasteiger partial charge in [0.1, 0.15) is 5.69 Å². The summed E-state index contributed by atoms with van der Waals surface area (Å²) in [6.07, 6.45) is 3.93. The lowest BCUT2D eigenvalue weighted by Crippen LogP contribution is -2.20. The maximum atomic E-state index is 10.9. The van der Waals surface area contributed by atoms with Gasteiger partial charge in [-0.1, -0.05) is 12.1 Å². The van der Waals surface area contributed by atoms with Gasteiger partial charge >= 0.3 is 0 Å². The minimum absolute atomic E-state index is 0.119. The van der Waals surface area contributed by atoms with Crippen LogP contribution >= 0.6 is 0 Å². The Labute approximate surface area is 112 Å². The van der Waals surface area contributed by atoms with E-state index < -0.39 is 0 Å². The highest BCUT2D eigenvalue weighted by Gasteiger charge is 2.21. The number of anilines is 1. The maximum Gasteiger partial charge on any atom is 0.292 e. The van der Waals surface area contributed by atoms with Gasteiger partial charge in [0.25, 0.3) is 5.69 Å². The zero-order chi connectivity index (χ0) is 13.7. The summed E-state index contributed by atoms with van der Waals surface area (Å²) < 4.78 is 0. The van der Waals surface area contributed by atoms with Crippen molar-refractivity contribution in [3.63, 3.8) is 0 Å². The summed E-state index contributed by atoms with van der Waals surface area (Å²) in [6, 6.07) is 9.02. The summed E-state index contributed by atoms with van der Waals surface area (Å²) in [7, 11) is 0. The second kappa shape index (κ2) is 6.19. The SMILES string of the molecule is N#CC1CCC(CNc2ccccc2[N+](=O)[O-])CC1. The molecule has 1 fully saturated rings. The number of rotatable bonds is 4. The first-order chi connectivity index (χ1) is 9.20. The molecule has 0 amide bonds. The number of hydrogen-bond donors (Lipinski definition) is 1. The molecule has 1 aliphatic carbocycles. The predicted octanol–water partition coefficient (Wildman–Crippen LogP) is 3.34. The minimum Gasteiger partial charge on any atom is -0.379 e. The molecule has 1 saturated carbocycles. The normalized spacial score (nSPS) is 22.5. The fourth-order valence-corrected chi connectivity index (χ4v) is 2.53. The molecule has 5 heteroatoms. The molecular weight excluding hydrogens is 242 g/mol. The Morgan fingerprint density at radius 3 is 2.63 bits per heavy atom. The van der Waals surface area contributed by atoms with Gasteiger partial charge in [-0.25, -0.2) is 0 Å². The molecule has 0 bridgehead atoms. The second-order valence-corrected chi connectivity index (χ2v) is 5.00. The van der Waals surface area contributed by atoms with Crippen LogP contribution in [-0.4, -0.2) is 11.5 Å². The van der Waals surface area contributed by atoms with Gasteiger partial charge in [0, 0.05) is 18.5 Å². The summed E-state index contributed by atoms with van der Waals surface area (Å²) in [5, 5.41) is 22.9. The Bertz CT molecular complexity index is 488. The number of benzene rings is 1. The smallest absolute Gasteiger partial charge is 0.292 e. The van der Waals surface area contributed by atoms with Gasteiger partial charge in [-0.15, -0.1) is 0 Å². The third kappa shape index (κ3) is 3.44. The Morgan fingerprint density at radius 1 is 1.32 bits per heavy atom. The van der Waals surface area contributed by atoms with Crippen molar-refractivity contribution in [2.45, 2.75) is 25.7 Å². The van der Waals surface area contributed by atoms with Crippen LogP contribution in [0.3, 0.4) is 0 Å². The Kier molecular flexibility index (Phi) is 4.35. The van der Waals surface area contributed by atoms with E-state index >= 15 is 0 Å². The number of nitrogens with zero attached hydrogens (tertiary/aromatic N) is 2. The molecule has 1 aromatic rings. The molecule has 0 aromatic heterocycles. The van der Waals surface area contributed by atoms with Crippen LogP contribution in [0.25, 0.3) is 0 Å². The summed E-state index contributed by atoms with van der Waals surface area (Å²) in [6.45, 7) is 0.739. The molecule has 2 rings (SSSR count). The molecule has 0 heterocycles. The van der Waals surface area contributed by atoms with E-state index in [1.807, 2.05) is 0 Å². The van der Waals surface area contributed by atoms with Gasteiger partial charge in [-0.05, 0) is 37.7 Å². The topological polar surface area (TPSA) is 79.0 Å². The van der Waals surface area contributed by atoms with E-state index in [0.29, 0.717) is 11.6 Å². The largest absolute Gasteiger partial charge is 0.379 e. The second-order valence-electron chi connectivity index (χ2n) is 5.00. The van der Waals surface area contributed by atoms with Crippen molar-refractivity contribution in [1.29, 1.82) is 5.26 Å². The molecule has 100 valence electrons. The van der Waals surface area contributed by atoms with Gasteiger partial charge in [-0.3, -0.25) is 10.1 Å². The van der Waals surface area contributed by atoms with Crippen LogP contribution in [0.5, 0.6) is 0 Å². The van der Waals surface area contributed by atoms with Crippen LogP contribution in [0.15, 0.2) is 24.3 Å². The Hall–Kier alpha value is -2.09. The van der Waals surface area contributed by atoms with Gasteiger partial charge in [-0.2, -0.15) is 5.26 Å². The lowest BCUT2D eigenvalue weighted by Gasteiger charge is -2.25. The molecule has 1 aromatic carbocycles. The molecule has 0 saturated heterocycles. The standard InChI is InChI=1S/C14H17N3O2/c15-9-11-5-7-12(8-6-11)10-16-13-3-1-2-4-14(13)17(18)19/h1-4,11-12,16H,5-8,10H2. The molecule has 0 spiro atoms. The molecule has 1 N–H and O–H groups in total. The quantitative estimate of drug-likeness (QED) is 0.664. The number of nitrogens with one attached hydrogen (secondary N) is 1. The number of para-hydroxylation sites is 2. The van der Waals surface area contributed by atoms with Crippen LogP contribution in [0, 0.1) is 33.3 Å². The highest BCUT2D eigenvalue weighted by Crippen LogP contribution is 2.29. The van der Waals surface area contributed by atoms with Gasteiger partial charge in [0.2, 0.25) is 0 Å². The fourth-order valence-electron chi connectivity index (χ4n) is 2.53. The van der Waals surface area contributed by atoms with E-state index in [4.69, 9.17) is 5.26 Å². The molecular formula is C14H17N3O2. The first-order valence-electron chi connectivity index (χ1n) is 6.57. The van der Waals surface area contributed by atoms with E-state index in [-0.39, 0.29) is 16.5 Å². The fraction of sp³-hybridized carbons (Fsp3) is 0.500. The van der Waals surface area contributed by atoms with Crippen molar-refractivity contribution in [2.75, 3.05) is 11.9 Å². The monoisotopic (exact) mass is 259 g/mol. The minimum atomic E-state index is -0.366. The Balaban J connectivity index is 1.90. The third-order valence-electron chi connectivity index (χ3n) is 3.71. The zero-order valence-corrected chi connectivity index (χ0v) is 10.7. The van der Waals surface area contributed by atoms with Crippen molar-refractivity contribution < 1.29 is 4.92 Å². The Morgan fingerprint density at radius 2 is 2.00 bits per heavy atom. The van der Waals surface area contributed by atoms with E-state index in [9.17, 15) is 10.1 Å². The summed E-state index contributed by atoms with van der Waals surface area (Å²) in [4.78, 5) is 10.5. The number of nitro benzene ring substituents is 1. The summed E-state index contributed by atoms with van der Waals surface area (Å²) in [5.41, 5.74) is 0.697. The van der Waals surface area contributed by atoms with Crippen LogP contribution < -0.4 is 5.32 Å². The molecule has 0 aliphatic heterocycles. The number of nitriles is 1. The molecule has 5 nitrogen and oxygen atoms in total. The van der Waals surface area contributed by atoms with Crippen molar-refractivity contribution in [3.8, 4) is 6.07 Å². The van der Waals surface area contributed by atoms with Crippen LogP contribution in [0.2, 0.25) is 0 Å². The molecule has 0 atom stereocenters. The first kappa shape index (κ1) is 13.3. The molecule has 0 unspecified atom stereocenters. The average Bonchev–Trinajstić information content (AvgIpc) is 2.46. The summed E-state index contributed by atoms with van der Waals surface area (Å²) >= 11 is 0. The van der Waals surface area contributed by atoms with E-state index in [2.05, 4.69) is 11.4 Å². The first-order valence-corrected chi connectivity index (χ1v) is 6.57. The lowest BCUT2D eigenvalue weighted by molar-refractivity contribution is -0.384. The molecule has 19 heavy (non-hydrogen) atoms. The van der Waals surface area contributed by atoms with Gasteiger partial charge in [0.05, 0.1) is 11.0 Å². The van der Waals surface area contributed by atoms with Crippen molar-refractivity contribution in [3.05, 3.63) is 34.4 Å². The van der Waals surface area contributed by atoms with Crippen molar-refractivity contribution >= 4 is 11.4 Å².